The van der Waals surface area contributed by atoms with Crippen LogP contribution in [0, 0.1) is 0 Å². The Kier molecular flexibility index (Phi) is 6.53. The third-order valence-electron chi connectivity index (χ3n) is 4.46. The van der Waals surface area contributed by atoms with E-state index in [1.165, 1.54) is 0 Å². The highest BCUT2D eigenvalue weighted by atomic mass is 35.5. The number of benzene rings is 2. The van der Waals surface area contributed by atoms with Gasteiger partial charge >= 0.3 is 0 Å². The first-order valence-corrected chi connectivity index (χ1v) is 10.6. The van der Waals surface area contributed by atoms with Gasteiger partial charge in [-0.3, -0.25) is 0 Å². The zero-order valence-corrected chi connectivity index (χ0v) is 19.2. The molecule has 0 amide bonds. The highest BCUT2D eigenvalue weighted by molar-refractivity contribution is 6.36. The van der Waals surface area contributed by atoms with E-state index in [0.717, 1.165) is 5.70 Å². The summed E-state index contributed by atoms with van der Waals surface area (Å²) >= 11 is 24.7. The molecule has 158 valence electrons. The first-order chi connectivity index (χ1) is 14.9. The summed E-state index contributed by atoms with van der Waals surface area (Å²) in [7, 11) is 0. The number of hydrogen-bond donors (Lipinski definition) is 0. The molecule has 2 aromatic heterocycles. The van der Waals surface area contributed by atoms with E-state index in [9.17, 15) is 0 Å². The van der Waals surface area contributed by atoms with Crippen LogP contribution in [-0.4, -0.2) is 24.5 Å². The highest BCUT2D eigenvalue weighted by Crippen LogP contribution is 2.32. The fourth-order valence-corrected chi connectivity index (χ4v) is 3.91. The van der Waals surface area contributed by atoms with E-state index in [4.69, 9.17) is 51.1 Å². The fraction of sp³-hybridized carbons (Fsp3) is 0.0952. The Morgan fingerprint density at radius 3 is 2.42 bits per heavy atom. The van der Waals surface area contributed by atoms with E-state index in [0.29, 0.717) is 42.8 Å². The van der Waals surface area contributed by atoms with Crippen LogP contribution < -0.4 is 0 Å². The second-order valence-electron chi connectivity index (χ2n) is 6.55. The summed E-state index contributed by atoms with van der Waals surface area (Å²) in [6, 6.07) is 10.4. The summed E-state index contributed by atoms with van der Waals surface area (Å²) in [5, 5.41) is 10.3. The fourth-order valence-electron chi connectivity index (χ4n) is 2.92. The average molecular weight is 495 g/mol. The van der Waals surface area contributed by atoms with Crippen LogP contribution in [0.5, 0.6) is 0 Å². The maximum Gasteiger partial charge on any atom is 0.148 e. The molecule has 0 saturated carbocycles. The van der Waals surface area contributed by atoms with Crippen molar-refractivity contribution in [2.75, 3.05) is 0 Å². The van der Waals surface area contributed by atoms with Gasteiger partial charge in [-0.15, -0.1) is 5.10 Å². The second-order valence-corrected chi connectivity index (χ2v) is 8.23. The first kappa shape index (κ1) is 21.7. The molecule has 0 aliphatic heterocycles. The van der Waals surface area contributed by atoms with Gasteiger partial charge in [0, 0.05) is 28.0 Å². The maximum atomic E-state index is 6.44. The lowest BCUT2D eigenvalue weighted by Crippen LogP contribution is -2.01. The van der Waals surface area contributed by atoms with Gasteiger partial charge in [-0.2, -0.15) is 0 Å². The van der Waals surface area contributed by atoms with Crippen molar-refractivity contribution in [1.29, 1.82) is 0 Å². The molecule has 31 heavy (non-hydrogen) atoms. The van der Waals surface area contributed by atoms with E-state index >= 15 is 0 Å². The minimum atomic E-state index is 0.158. The second kappa shape index (κ2) is 9.32. The monoisotopic (exact) mass is 493 g/mol. The van der Waals surface area contributed by atoms with Gasteiger partial charge in [-0.1, -0.05) is 51.6 Å². The summed E-state index contributed by atoms with van der Waals surface area (Å²) in [6.07, 6.45) is 6.93. The predicted molar refractivity (Wildman–Crippen MR) is 124 cm³/mol. The maximum absolute atomic E-state index is 6.44. The minimum absolute atomic E-state index is 0.158. The van der Waals surface area contributed by atoms with Crippen LogP contribution in [0.25, 0.3) is 17.1 Å². The van der Waals surface area contributed by atoms with Crippen molar-refractivity contribution in [2.24, 2.45) is 0 Å². The normalized spacial score (nSPS) is 12.0. The third-order valence-corrected chi connectivity index (χ3v) is 5.54. The van der Waals surface area contributed by atoms with E-state index in [1.807, 2.05) is 23.8 Å². The number of imidazole rings is 1. The van der Waals surface area contributed by atoms with Crippen molar-refractivity contribution in [2.45, 2.75) is 13.5 Å². The Hall–Kier alpha value is -2.51. The van der Waals surface area contributed by atoms with E-state index in [2.05, 4.69) is 15.3 Å². The van der Waals surface area contributed by atoms with Gasteiger partial charge in [0.15, 0.2) is 0 Å². The van der Waals surface area contributed by atoms with Crippen molar-refractivity contribution in [3.05, 3.63) is 92.7 Å². The van der Waals surface area contributed by atoms with Gasteiger partial charge in [0.05, 0.1) is 34.0 Å². The summed E-state index contributed by atoms with van der Waals surface area (Å²) in [6.45, 7) is 2.07. The number of hydrogen-bond acceptors (Lipinski definition) is 4. The summed E-state index contributed by atoms with van der Waals surface area (Å²) in [4.78, 5) is 4.10. The van der Waals surface area contributed by atoms with Crippen molar-refractivity contribution in [3.8, 4) is 5.69 Å². The SMILES string of the molecule is C/C(=C(/OCc1cn(-c2ccc(Cl)cc2Cl)nn1)c1ccc(Cl)cc1Cl)n1ccnc1. The number of ether oxygens (including phenoxy) is 1. The molecule has 0 atom stereocenters. The summed E-state index contributed by atoms with van der Waals surface area (Å²) in [5.41, 5.74) is 2.77. The molecule has 2 aromatic carbocycles. The summed E-state index contributed by atoms with van der Waals surface area (Å²) in [5.74, 6) is 0.568. The van der Waals surface area contributed by atoms with Crippen LogP contribution in [-0.2, 0) is 11.3 Å². The molecule has 0 spiro atoms. The zero-order chi connectivity index (χ0) is 22.0. The number of halogens is 4. The molecule has 0 aliphatic rings. The molecule has 0 bridgehead atoms. The molecule has 0 aliphatic carbocycles. The predicted octanol–water partition coefficient (Wildman–Crippen LogP) is 6.64. The Bertz CT molecular complexity index is 1250. The van der Waals surface area contributed by atoms with Crippen LogP contribution in [0.15, 0.2) is 61.3 Å². The number of aromatic nitrogens is 5. The highest BCUT2D eigenvalue weighted by Gasteiger charge is 2.15. The molecule has 0 unspecified atom stereocenters. The van der Waals surface area contributed by atoms with Crippen LogP contribution in [0.2, 0.25) is 20.1 Å². The van der Waals surface area contributed by atoms with Gasteiger partial charge in [-0.05, 0) is 43.3 Å². The van der Waals surface area contributed by atoms with Crippen LogP contribution in [0.3, 0.4) is 0 Å². The minimum Gasteiger partial charge on any atom is -0.485 e. The molecule has 6 nitrogen and oxygen atoms in total. The Balaban J connectivity index is 1.63. The first-order valence-electron chi connectivity index (χ1n) is 9.06. The van der Waals surface area contributed by atoms with Crippen LogP contribution in [0.1, 0.15) is 18.2 Å². The molecule has 0 N–H and O–H groups in total. The van der Waals surface area contributed by atoms with Crippen molar-refractivity contribution in [3.63, 3.8) is 0 Å². The van der Waals surface area contributed by atoms with Crippen LogP contribution in [0.4, 0.5) is 0 Å². The van der Waals surface area contributed by atoms with Crippen molar-refractivity contribution < 1.29 is 4.74 Å². The number of rotatable bonds is 6. The molecule has 0 radical (unpaired) electrons. The molecule has 2 heterocycles. The van der Waals surface area contributed by atoms with Crippen molar-refractivity contribution >= 4 is 57.9 Å². The lowest BCUT2D eigenvalue weighted by Gasteiger charge is -2.15. The van der Waals surface area contributed by atoms with E-state index in [-0.39, 0.29) is 6.61 Å². The van der Waals surface area contributed by atoms with Gasteiger partial charge < -0.3 is 9.30 Å². The molecule has 10 heteroatoms. The average Bonchev–Trinajstić information content (AvgIpc) is 3.41. The molecule has 0 saturated heterocycles. The molecule has 0 fully saturated rings. The molecular formula is C21H15Cl4N5O. The lowest BCUT2D eigenvalue weighted by molar-refractivity contribution is 0.260. The topological polar surface area (TPSA) is 57.8 Å². The van der Waals surface area contributed by atoms with Crippen LogP contribution >= 0.6 is 46.4 Å². The van der Waals surface area contributed by atoms with Gasteiger partial charge in [0.1, 0.15) is 18.1 Å². The zero-order valence-electron chi connectivity index (χ0n) is 16.1. The smallest absolute Gasteiger partial charge is 0.148 e. The Morgan fingerprint density at radius 2 is 1.74 bits per heavy atom. The molecule has 4 rings (SSSR count). The quantitative estimate of drug-likeness (QED) is 0.282. The van der Waals surface area contributed by atoms with Crippen molar-refractivity contribution in [1.82, 2.24) is 24.5 Å². The Labute approximate surface area is 198 Å². The Morgan fingerprint density at radius 1 is 1.00 bits per heavy atom. The molecular weight excluding hydrogens is 480 g/mol. The summed E-state index contributed by atoms with van der Waals surface area (Å²) < 4.78 is 9.56. The van der Waals surface area contributed by atoms with Gasteiger partial charge in [0.25, 0.3) is 0 Å². The van der Waals surface area contributed by atoms with Gasteiger partial charge in [0.2, 0.25) is 0 Å². The largest absolute Gasteiger partial charge is 0.485 e. The number of allylic oxidation sites excluding steroid dienone is 1. The third kappa shape index (κ3) is 4.88. The molecule has 4 aromatic rings. The number of nitrogens with zero attached hydrogens (tertiary/aromatic N) is 5. The van der Waals surface area contributed by atoms with Gasteiger partial charge in [-0.25, -0.2) is 9.67 Å². The van der Waals surface area contributed by atoms with E-state index < -0.39 is 0 Å². The lowest BCUT2D eigenvalue weighted by atomic mass is 10.1. The standard InChI is InChI=1S/C21H15Cl4N5O/c1-13(29-7-6-26-12-29)21(17-4-2-14(22)8-18(17)24)31-11-16-10-30(28-27-16)20-5-3-15(23)9-19(20)25/h2-10,12H,11H2,1H3/b21-13-. The van der Waals surface area contributed by atoms with E-state index in [1.54, 1.807) is 53.7 Å².